The van der Waals surface area contributed by atoms with Gasteiger partial charge in [-0.15, -0.1) is 11.3 Å². The normalized spacial score (nSPS) is 10.9. The molecule has 8 heteroatoms. The van der Waals surface area contributed by atoms with Gasteiger partial charge < -0.3 is 5.32 Å². The molecule has 0 aliphatic heterocycles. The van der Waals surface area contributed by atoms with Crippen molar-refractivity contribution in [2.24, 2.45) is 0 Å². The van der Waals surface area contributed by atoms with E-state index in [2.05, 4.69) is 20.4 Å². The van der Waals surface area contributed by atoms with Crippen LogP contribution in [-0.2, 0) is 11.2 Å². The summed E-state index contributed by atoms with van der Waals surface area (Å²) >= 11 is 7.66. The number of hydrogen-bond donors (Lipinski definition) is 1. The Hall–Kier alpha value is -3.03. The van der Waals surface area contributed by atoms with Crippen molar-refractivity contribution >= 4 is 34.0 Å². The van der Waals surface area contributed by atoms with Crippen molar-refractivity contribution in [3.05, 3.63) is 75.6 Å². The first-order valence-electron chi connectivity index (χ1n) is 9.40. The van der Waals surface area contributed by atoms with Crippen LogP contribution in [0.4, 0.5) is 5.13 Å². The number of amides is 1. The Morgan fingerprint density at radius 2 is 2.07 bits per heavy atom. The molecule has 30 heavy (non-hydrogen) atoms. The number of aryl methyl sites for hydroxylation is 2. The van der Waals surface area contributed by atoms with Crippen LogP contribution in [0, 0.1) is 20.8 Å². The first kappa shape index (κ1) is 20.3. The van der Waals surface area contributed by atoms with Crippen molar-refractivity contribution in [1.82, 2.24) is 19.7 Å². The monoisotopic (exact) mass is 437 g/mol. The van der Waals surface area contributed by atoms with E-state index in [1.807, 2.05) is 61.2 Å². The summed E-state index contributed by atoms with van der Waals surface area (Å²) in [7, 11) is 0. The Labute approximate surface area is 183 Å². The fourth-order valence-electron chi connectivity index (χ4n) is 3.20. The number of nitrogens with one attached hydrogen (secondary N) is 1. The van der Waals surface area contributed by atoms with E-state index >= 15 is 0 Å². The molecule has 0 aliphatic carbocycles. The van der Waals surface area contributed by atoms with Crippen LogP contribution in [0.1, 0.15) is 22.5 Å². The Bertz CT molecular complexity index is 1220. The van der Waals surface area contributed by atoms with Crippen molar-refractivity contribution in [2.75, 3.05) is 5.32 Å². The summed E-state index contributed by atoms with van der Waals surface area (Å²) in [5.41, 5.74) is 6.22. The highest BCUT2D eigenvalue weighted by Crippen LogP contribution is 2.26. The summed E-state index contributed by atoms with van der Waals surface area (Å²) in [5, 5.41) is 10.7. The Balaban J connectivity index is 1.51. The summed E-state index contributed by atoms with van der Waals surface area (Å²) in [6.07, 6.45) is 3.69. The third-order valence-electron chi connectivity index (χ3n) is 4.89. The molecular formula is C22H20ClN5OS. The number of halogens is 1. The van der Waals surface area contributed by atoms with E-state index in [-0.39, 0.29) is 12.3 Å². The number of aromatic nitrogens is 4. The molecule has 4 aromatic rings. The lowest BCUT2D eigenvalue weighted by molar-refractivity contribution is -0.115. The van der Waals surface area contributed by atoms with Crippen LogP contribution in [0.25, 0.3) is 16.9 Å². The molecule has 0 bridgehead atoms. The number of anilines is 1. The van der Waals surface area contributed by atoms with E-state index in [9.17, 15) is 4.79 Å². The number of carbonyl (C=O) groups is 1. The molecule has 0 atom stereocenters. The third kappa shape index (κ3) is 4.13. The van der Waals surface area contributed by atoms with E-state index in [4.69, 9.17) is 11.6 Å². The molecule has 0 fully saturated rings. The Morgan fingerprint density at radius 3 is 2.80 bits per heavy atom. The Kier molecular flexibility index (Phi) is 5.65. The van der Waals surface area contributed by atoms with Gasteiger partial charge in [-0.1, -0.05) is 17.7 Å². The quantitative estimate of drug-likeness (QED) is 0.468. The van der Waals surface area contributed by atoms with Crippen LogP contribution in [0.3, 0.4) is 0 Å². The van der Waals surface area contributed by atoms with E-state index in [1.165, 1.54) is 11.3 Å². The molecule has 3 heterocycles. The maximum atomic E-state index is 12.7. The van der Waals surface area contributed by atoms with Gasteiger partial charge in [-0.05, 0) is 50.6 Å². The van der Waals surface area contributed by atoms with Crippen molar-refractivity contribution in [3.63, 3.8) is 0 Å². The maximum absolute atomic E-state index is 12.7. The predicted octanol–water partition coefficient (Wildman–Crippen LogP) is 5.15. The molecule has 0 aliphatic rings. The second kappa shape index (κ2) is 8.38. The number of thiazole rings is 1. The molecule has 1 amide bonds. The average Bonchev–Trinajstić information content (AvgIpc) is 3.31. The molecule has 0 radical (unpaired) electrons. The maximum Gasteiger partial charge on any atom is 0.230 e. The lowest BCUT2D eigenvalue weighted by Crippen LogP contribution is -2.15. The van der Waals surface area contributed by atoms with Crippen molar-refractivity contribution in [1.29, 1.82) is 0 Å². The van der Waals surface area contributed by atoms with Crippen LogP contribution in [0.5, 0.6) is 0 Å². The van der Waals surface area contributed by atoms with Crippen LogP contribution < -0.4 is 5.32 Å². The second-order valence-electron chi connectivity index (χ2n) is 7.00. The summed E-state index contributed by atoms with van der Waals surface area (Å²) in [6, 6.07) is 9.61. The molecule has 1 N–H and O–H groups in total. The summed E-state index contributed by atoms with van der Waals surface area (Å²) in [5.74, 6) is -0.130. The molecule has 1 aromatic carbocycles. The van der Waals surface area contributed by atoms with Gasteiger partial charge >= 0.3 is 0 Å². The molecule has 0 saturated carbocycles. The second-order valence-corrected chi connectivity index (χ2v) is 8.26. The van der Waals surface area contributed by atoms with Gasteiger partial charge in [0, 0.05) is 39.6 Å². The molecule has 6 nitrogen and oxygen atoms in total. The minimum Gasteiger partial charge on any atom is -0.302 e. The van der Waals surface area contributed by atoms with E-state index in [0.29, 0.717) is 10.2 Å². The first-order valence-corrected chi connectivity index (χ1v) is 10.7. The number of nitrogens with zero attached hydrogens (tertiary/aromatic N) is 4. The standard InChI is InChI=1S/C22H20ClN5OS/c1-13-6-7-17(9-19(13)23)28-15(3)18(14(2)27-28)10-21(29)26-22-25-20(12-30-22)16-5-4-8-24-11-16/h4-9,11-12H,10H2,1-3H3,(H,25,26,29). The number of pyridine rings is 1. The number of carbonyl (C=O) groups excluding carboxylic acids is 1. The number of rotatable bonds is 5. The predicted molar refractivity (Wildman–Crippen MR) is 120 cm³/mol. The zero-order valence-electron chi connectivity index (χ0n) is 16.8. The highest BCUT2D eigenvalue weighted by atomic mass is 35.5. The van der Waals surface area contributed by atoms with Crippen LogP contribution in [0.2, 0.25) is 5.02 Å². The largest absolute Gasteiger partial charge is 0.302 e. The highest BCUT2D eigenvalue weighted by Gasteiger charge is 2.17. The minimum atomic E-state index is -0.130. The number of benzene rings is 1. The van der Waals surface area contributed by atoms with Gasteiger partial charge in [0.1, 0.15) is 0 Å². The summed E-state index contributed by atoms with van der Waals surface area (Å²) < 4.78 is 1.83. The van der Waals surface area contributed by atoms with Gasteiger partial charge in [-0.3, -0.25) is 9.78 Å². The summed E-state index contributed by atoms with van der Waals surface area (Å²) in [6.45, 7) is 5.83. The lowest BCUT2D eigenvalue weighted by Gasteiger charge is -2.07. The Morgan fingerprint density at radius 1 is 1.23 bits per heavy atom. The third-order valence-corrected chi connectivity index (χ3v) is 6.05. The lowest BCUT2D eigenvalue weighted by atomic mass is 10.1. The average molecular weight is 438 g/mol. The SMILES string of the molecule is Cc1ccc(-n2nc(C)c(CC(=O)Nc3nc(-c4cccnc4)cs3)c2C)cc1Cl. The van der Waals surface area contributed by atoms with Gasteiger partial charge in [-0.25, -0.2) is 9.67 Å². The van der Waals surface area contributed by atoms with E-state index < -0.39 is 0 Å². The van der Waals surface area contributed by atoms with Gasteiger partial charge in [-0.2, -0.15) is 5.10 Å². The molecule has 152 valence electrons. The molecule has 0 unspecified atom stereocenters. The molecule has 4 rings (SSSR count). The zero-order valence-corrected chi connectivity index (χ0v) is 18.4. The molecule has 0 spiro atoms. The molecule has 3 aromatic heterocycles. The minimum absolute atomic E-state index is 0.130. The van der Waals surface area contributed by atoms with Crippen molar-refractivity contribution < 1.29 is 4.79 Å². The van der Waals surface area contributed by atoms with Gasteiger partial charge in [0.2, 0.25) is 5.91 Å². The van der Waals surface area contributed by atoms with E-state index in [0.717, 1.165) is 39.5 Å². The fraction of sp³-hybridized carbons (Fsp3) is 0.182. The smallest absolute Gasteiger partial charge is 0.230 e. The van der Waals surface area contributed by atoms with Crippen LogP contribution in [-0.4, -0.2) is 25.7 Å². The van der Waals surface area contributed by atoms with Gasteiger partial charge in [0.25, 0.3) is 0 Å². The highest BCUT2D eigenvalue weighted by molar-refractivity contribution is 7.14. The van der Waals surface area contributed by atoms with Gasteiger partial charge in [0.05, 0.1) is 23.5 Å². The molecular weight excluding hydrogens is 418 g/mol. The van der Waals surface area contributed by atoms with Gasteiger partial charge in [0.15, 0.2) is 5.13 Å². The van der Waals surface area contributed by atoms with E-state index in [1.54, 1.807) is 12.4 Å². The molecule has 0 saturated heterocycles. The topological polar surface area (TPSA) is 72.7 Å². The van der Waals surface area contributed by atoms with Crippen LogP contribution in [0.15, 0.2) is 48.1 Å². The number of hydrogen-bond acceptors (Lipinski definition) is 5. The first-order chi connectivity index (χ1) is 14.4. The zero-order chi connectivity index (χ0) is 21.3. The van der Waals surface area contributed by atoms with Crippen molar-refractivity contribution in [2.45, 2.75) is 27.2 Å². The summed E-state index contributed by atoms with van der Waals surface area (Å²) in [4.78, 5) is 21.3. The van der Waals surface area contributed by atoms with Crippen molar-refractivity contribution in [3.8, 4) is 16.9 Å². The van der Waals surface area contributed by atoms with Crippen LogP contribution >= 0.6 is 22.9 Å². The fourth-order valence-corrected chi connectivity index (χ4v) is 4.11.